The van der Waals surface area contributed by atoms with Gasteiger partial charge in [-0.25, -0.2) is 4.98 Å². The number of carbonyl (C=O) groups excluding carboxylic acids is 3. The lowest BCUT2D eigenvalue weighted by atomic mass is 10.1. The number of benzene rings is 2. The van der Waals surface area contributed by atoms with Crippen LogP contribution in [0, 0.1) is 13.8 Å². The predicted octanol–water partition coefficient (Wildman–Crippen LogP) is 4.13. The number of nitrogens with one attached hydrogen (secondary N) is 3. The van der Waals surface area contributed by atoms with Gasteiger partial charge in [-0.1, -0.05) is 24.3 Å². The molecule has 0 radical (unpaired) electrons. The molecular formula is C23H24N4O4S. The lowest BCUT2D eigenvalue weighted by Crippen LogP contribution is -2.22. The Labute approximate surface area is 190 Å². The molecule has 9 heteroatoms. The van der Waals surface area contributed by atoms with Crippen LogP contribution >= 0.6 is 11.3 Å². The van der Waals surface area contributed by atoms with E-state index < -0.39 is 24.4 Å². The molecule has 2 aromatic carbocycles. The minimum Gasteiger partial charge on any atom is -0.456 e. The first kappa shape index (κ1) is 23.0. The standard InChI is InChI=1S/C23H24N4O4S/c1-14-6-4-5-7-19(14)24-11-17-8-9-18(22(30)27-23-25-15(2)13-32-23)20(10-17)26-21(29)12-31-16(3)28/h4-10,13,24H,11-12H2,1-3H3,(H,26,29)(H,25,27,30). The van der Waals surface area contributed by atoms with Gasteiger partial charge in [0.2, 0.25) is 0 Å². The number of aromatic nitrogens is 1. The van der Waals surface area contributed by atoms with Crippen LogP contribution in [0.3, 0.4) is 0 Å². The van der Waals surface area contributed by atoms with Gasteiger partial charge in [0.15, 0.2) is 11.7 Å². The first-order valence-electron chi connectivity index (χ1n) is 9.91. The monoisotopic (exact) mass is 452 g/mol. The second kappa shape index (κ2) is 10.5. The zero-order chi connectivity index (χ0) is 23.1. The quantitative estimate of drug-likeness (QED) is 0.444. The molecule has 0 aliphatic heterocycles. The Morgan fingerprint density at radius 2 is 1.81 bits per heavy atom. The zero-order valence-corrected chi connectivity index (χ0v) is 18.8. The molecule has 166 valence electrons. The Hall–Kier alpha value is -3.72. The van der Waals surface area contributed by atoms with Crippen molar-refractivity contribution in [2.45, 2.75) is 27.3 Å². The van der Waals surface area contributed by atoms with Gasteiger partial charge in [-0.2, -0.15) is 0 Å². The van der Waals surface area contributed by atoms with Gasteiger partial charge in [-0.05, 0) is 43.2 Å². The summed E-state index contributed by atoms with van der Waals surface area (Å²) < 4.78 is 4.75. The van der Waals surface area contributed by atoms with Crippen LogP contribution in [0.25, 0.3) is 0 Å². The minimum absolute atomic E-state index is 0.272. The third-order valence-corrected chi connectivity index (χ3v) is 5.35. The van der Waals surface area contributed by atoms with Gasteiger partial charge in [0.25, 0.3) is 11.8 Å². The Kier molecular flexibility index (Phi) is 7.56. The molecule has 8 nitrogen and oxygen atoms in total. The largest absolute Gasteiger partial charge is 0.456 e. The number of ether oxygens (including phenoxy) is 1. The fourth-order valence-electron chi connectivity index (χ4n) is 2.90. The average molecular weight is 453 g/mol. The zero-order valence-electron chi connectivity index (χ0n) is 18.0. The number of anilines is 3. The van der Waals surface area contributed by atoms with Crippen molar-refractivity contribution >= 4 is 45.6 Å². The van der Waals surface area contributed by atoms with E-state index in [1.54, 1.807) is 12.1 Å². The summed E-state index contributed by atoms with van der Waals surface area (Å²) in [4.78, 5) is 40.3. The summed E-state index contributed by atoms with van der Waals surface area (Å²) in [6, 6.07) is 13.1. The number of amides is 2. The Balaban J connectivity index is 1.80. The van der Waals surface area contributed by atoms with E-state index in [2.05, 4.69) is 20.9 Å². The van der Waals surface area contributed by atoms with Crippen LogP contribution < -0.4 is 16.0 Å². The van der Waals surface area contributed by atoms with E-state index in [0.29, 0.717) is 17.4 Å². The summed E-state index contributed by atoms with van der Waals surface area (Å²) in [5, 5.41) is 11.1. The third-order valence-electron chi connectivity index (χ3n) is 4.48. The molecule has 3 aromatic rings. The van der Waals surface area contributed by atoms with Crippen molar-refractivity contribution in [2.24, 2.45) is 0 Å². The van der Waals surface area contributed by atoms with Crippen molar-refractivity contribution in [1.82, 2.24) is 4.98 Å². The van der Waals surface area contributed by atoms with Gasteiger partial charge < -0.3 is 15.4 Å². The molecule has 3 rings (SSSR count). The van der Waals surface area contributed by atoms with Crippen molar-refractivity contribution in [2.75, 3.05) is 22.6 Å². The van der Waals surface area contributed by atoms with Gasteiger partial charge >= 0.3 is 5.97 Å². The maximum atomic E-state index is 12.8. The molecule has 0 aliphatic carbocycles. The smallest absolute Gasteiger partial charge is 0.303 e. The van der Waals surface area contributed by atoms with Gasteiger partial charge in [0, 0.05) is 24.5 Å². The first-order chi connectivity index (χ1) is 15.3. The topological polar surface area (TPSA) is 109 Å². The van der Waals surface area contributed by atoms with Gasteiger partial charge in [-0.3, -0.25) is 19.7 Å². The van der Waals surface area contributed by atoms with E-state index >= 15 is 0 Å². The van der Waals surface area contributed by atoms with Crippen molar-refractivity contribution in [3.05, 3.63) is 70.2 Å². The van der Waals surface area contributed by atoms with Crippen molar-refractivity contribution in [3.8, 4) is 0 Å². The van der Waals surface area contributed by atoms with E-state index in [1.165, 1.54) is 18.3 Å². The highest BCUT2D eigenvalue weighted by molar-refractivity contribution is 7.13. The fourth-order valence-corrected chi connectivity index (χ4v) is 3.58. The summed E-state index contributed by atoms with van der Waals surface area (Å²) in [5.74, 6) is -1.50. The Morgan fingerprint density at radius 3 is 2.50 bits per heavy atom. The number of rotatable bonds is 8. The lowest BCUT2D eigenvalue weighted by molar-refractivity contribution is -0.144. The SMILES string of the molecule is CC(=O)OCC(=O)Nc1cc(CNc2ccccc2C)ccc1C(=O)Nc1nc(C)cs1. The van der Waals surface area contributed by atoms with Crippen LogP contribution in [0.15, 0.2) is 47.8 Å². The molecular weight excluding hydrogens is 428 g/mol. The van der Waals surface area contributed by atoms with Crippen LogP contribution in [0.1, 0.15) is 34.1 Å². The minimum atomic E-state index is -0.562. The molecule has 0 saturated carbocycles. The second-order valence-electron chi connectivity index (χ2n) is 7.13. The third kappa shape index (κ3) is 6.39. The molecule has 0 saturated heterocycles. The molecule has 0 atom stereocenters. The molecule has 32 heavy (non-hydrogen) atoms. The number of carbonyl (C=O) groups is 3. The van der Waals surface area contributed by atoms with E-state index in [-0.39, 0.29) is 5.56 Å². The molecule has 1 aromatic heterocycles. The molecule has 0 aliphatic rings. The molecule has 1 heterocycles. The highest BCUT2D eigenvalue weighted by Gasteiger charge is 2.16. The van der Waals surface area contributed by atoms with E-state index in [4.69, 9.17) is 4.74 Å². The lowest BCUT2D eigenvalue weighted by Gasteiger charge is -2.14. The molecule has 0 fully saturated rings. The number of nitrogens with zero attached hydrogens (tertiary/aromatic N) is 1. The molecule has 0 bridgehead atoms. The second-order valence-corrected chi connectivity index (χ2v) is 7.98. The maximum Gasteiger partial charge on any atom is 0.303 e. The van der Waals surface area contributed by atoms with E-state index in [0.717, 1.165) is 22.5 Å². The van der Waals surface area contributed by atoms with Crippen LogP contribution in [-0.2, 0) is 20.9 Å². The van der Waals surface area contributed by atoms with Gasteiger partial charge in [0.05, 0.1) is 16.9 Å². The highest BCUT2D eigenvalue weighted by atomic mass is 32.1. The molecule has 3 N–H and O–H groups in total. The highest BCUT2D eigenvalue weighted by Crippen LogP contribution is 2.23. The predicted molar refractivity (Wildman–Crippen MR) is 125 cm³/mol. The number of hydrogen-bond donors (Lipinski definition) is 3. The van der Waals surface area contributed by atoms with E-state index in [1.807, 2.05) is 49.6 Å². The van der Waals surface area contributed by atoms with Crippen LogP contribution in [0.4, 0.5) is 16.5 Å². The summed E-state index contributed by atoms with van der Waals surface area (Å²) >= 11 is 1.32. The molecule has 0 spiro atoms. The average Bonchev–Trinajstić information content (AvgIpc) is 3.16. The summed E-state index contributed by atoms with van der Waals surface area (Å²) in [7, 11) is 0. The number of para-hydroxylation sites is 1. The summed E-state index contributed by atoms with van der Waals surface area (Å²) in [5.41, 5.74) is 4.35. The van der Waals surface area contributed by atoms with Crippen molar-refractivity contribution in [3.63, 3.8) is 0 Å². The van der Waals surface area contributed by atoms with Gasteiger partial charge in [-0.15, -0.1) is 11.3 Å². The van der Waals surface area contributed by atoms with Crippen molar-refractivity contribution < 1.29 is 19.1 Å². The van der Waals surface area contributed by atoms with Crippen molar-refractivity contribution in [1.29, 1.82) is 0 Å². The van der Waals surface area contributed by atoms with Crippen LogP contribution in [0.5, 0.6) is 0 Å². The van der Waals surface area contributed by atoms with Gasteiger partial charge in [0.1, 0.15) is 0 Å². The number of aryl methyl sites for hydroxylation is 2. The molecule has 0 unspecified atom stereocenters. The fraction of sp³-hybridized carbons (Fsp3) is 0.217. The Morgan fingerprint density at radius 1 is 1.03 bits per heavy atom. The van der Waals surface area contributed by atoms with Crippen LogP contribution in [-0.4, -0.2) is 29.4 Å². The molecule has 2 amide bonds. The van der Waals surface area contributed by atoms with E-state index in [9.17, 15) is 14.4 Å². The number of esters is 1. The number of thiazole rings is 1. The Bertz CT molecular complexity index is 1140. The maximum absolute atomic E-state index is 12.8. The summed E-state index contributed by atoms with van der Waals surface area (Å²) in [6.45, 7) is 5.12. The summed E-state index contributed by atoms with van der Waals surface area (Å²) in [6.07, 6.45) is 0. The number of hydrogen-bond acceptors (Lipinski definition) is 7. The first-order valence-corrected chi connectivity index (χ1v) is 10.8. The normalized spacial score (nSPS) is 10.3. The van der Waals surface area contributed by atoms with Crippen LogP contribution in [0.2, 0.25) is 0 Å².